The Hall–Kier alpha value is -2.78. The molecule has 0 aliphatic rings. The molecule has 0 saturated heterocycles. The van der Waals surface area contributed by atoms with E-state index in [9.17, 15) is 22.4 Å². The molecule has 9 heteroatoms. The summed E-state index contributed by atoms with van der Waals surface area (Å²) >= 11 is 0. The van der Waals surface area contributed by atoms with Crippen molar-refractivity contribution in [3.05, 3.63) is 59.9 Å². The van der Waals surface area contributed by atoms with Crippen LogP contribution in [0.15, 0.2) is 53.4 Å². The lowest BCUT2D eigenvalue weighted by Gasteiger charge is -2.17. The van der Waals surface area contributed by atoms with Gasteiger partial charge in [0, 0.05) is 24.8 Å². The summed E-state index contributed by atoms with van der Waals surface area (Å²) < 4.78 is 38.6. The largest absolute Gasteiger partial charge is 0.352 e. The number of hydrogen-bond donors (Lipinski definition) is 2. The second-order valence-corrected chi connectivity index (χ2v) is 7.74. The minimum atomic E-state index is -3.91. The van der Waals surface area contributed by atoms with Crippen LogP contribution < -0.4 is 10.6 Å². The number of anilines is 1. The Morgan fingerprint density at radius 3 is 2.19 bits per heavy atom. The Bertz CT molecular complexity index is 913. The van der Waals surface area contributed by atoms with Gasteiger partial charge in [-0.2, -0.15) is 4.31 Å². The van der Waals surface area contributed by atoms with Gasteiger partial charge in [0.15, 0.2) is 0 Å². The lowest BCUT2D eigenvalue weighted by Crippen LogP contribution is -2.35. The van der Waals surface area contributed by atoms with Gasteiger partial charge >= 0.3 is 0 Å². The summed E-state index contributed by atoms with van der Waals surface area (Å²) in [6.45, 7) is 1.90. The zero-order chi connectivity index (χ0) is 20.0. The SMILES string of the molecule is CCNC(=O)c1ccc(NC(=O)CN(C)S(=O)(=O)c2ccc(F)cc2)cc1. The maximum atomic E-state index is 13.0. The fraction of sp³-hybridized carbons (Fsp3) is 0.222. The number of rotatable bonds is 7. The molecule has 2 aromatic carbocycles. The quantitative estimate of drug-likeness (QED) is 0.750. The third kappa shape index (κ3) is 5.35. The molecule has 0 saturated carbocycles. The molecular weight excluding hydrogens is 373 g/mol. The van der Waals surface area contributed by atoms with Crippen molar-refractivity contribution >= 4 is 27.5 Å². The van der Waals surface area contributed by atoms with Crippen LogP contribution in [0.3, 0.4) is 0 Å². The fourth-order valence-corrected chi connectivity index (χ4v) is 3.37. The number of nitrogens with one attached hydrogen (secondary N) is 2. The maximum Gasteiger partial charge on any atom is 0.251 e. The van der Waals surface area contributed by atoms with Gasteiger partial charge in [0.2, 0.25) is 15.9 Å². The van der Waals surface area contributed by atoms with E-state index in [-0.39, 0.29) is 10.8 Å². The van der Waals surface area contributed by atoms with Crippen LogP contribution in [-0.2, 0) is 14.8 Å². The summed E-state index contributed by atoms with van der Waals surface area (Å²) in [6.07, 6.45) is 0. The third-order valence-electron chi connectivity index (χ3n) is 3.66. The normalized spacial score (nSPS) is 11.3. The molecule has 2 N–H and O–H groups in total. The van der Waals surface area contributed by atoms with E-state index in [1.54, 1.807) is 24.3 Å². The van der Waals surface area contributed by atoms with E-state index >= 15 is 0 Å². The first-order valence-corrected chi connectivity index (χ1v) is 9.58. The predicted molar refractivity (Wildman–Crippen MR) is 99.3 cm³/mol. The molecule has 0 unspecified atom stereocenters. The Morgan fingerprint density at radius 2 is 1.63 bits per heavy atom. The highest BCUT2D eigenvalue weighted by Gasteiger charge is 2.23. The summed E-state index contributed by atoms with van der Waals surface area (Å²) in [7, 11) is -2.65. The molecule has 7 nitrogen and oxygen atoms in total. The van der Waals surface area contributed by atoms with E-state index in [1.165, 1.54) is 7.05 Å². The van der Waals surface area contributed by atoms with Crippen molar-refractivity contribution < 1.29 is 22.4 Å². The Morgan fingerprint density at radius 1 is 1.04 bits per heavy atom. The number of sulfonamides is 1. The molecule has 0 bridgehead atoms. The van der Waals surface area contributed by atoms with Crippen LogP contribution >= 0.6 is 0 Å². The number of halogens is 1. The molecular formula is C18H20FN3O4S. The van der Waals surface area contributed by atoms with Crippen LogP contribution in [0.4, 0.5) is 10.1 Å². The molecule has 0 radical (unpaired) electrons. The van der Waals surface area contributed by atoms with E-state index in [1.807, 2.05) is 6.92 Å². The molecule has 0 atom stereocenters. The topological polar surface area (TPSA) is 95.6 Å². The fourth-order valence-electron chi connectivity index (χ4n) is 2.24. The summed E-state index contributed by atoms with van der Waals surface area (Å²) in [4.78, 5) is 23.7. The van der Waals surface area contributed by atoms with Crippen LogP contribution in [0.5, 0.6) is 0 Å². The van der Waals surface area contributed by atoms with Gasteiger partial charge in [0.1, 0.15) is 5.82 Å². The highest BCUT2D eigenvalue weighted by molar-refractivity contribution is 7.89. The highest BCUT2D eigenvalue weighted by Crippen LogP contribution is 2.15. The van der Waals surface area contributed by atoms with E-state index < -0.39 is 28.3 Å². The van der Waals surface area contributed by atoms with Crippen LogP contribution in [0.1, 0.15) is 17.3 Å². The monoisotopic (exact) mass is 393 g/mol. The van der Waals surface area contributed by atoms with Crippen LogP contribution in [0.2, 0.25) is 0 Å². The van der Waals surface area contributed by atoms with Crippen molar-refractivity contribution in [3.8, 4) is 0 Å². The first-order valence-electron chi connectivity index (χ1n) is 8.14. The standard InChI is InChI=1S/C18H20FN3O4S/c1-3-20-18(24)13-4-8-15(9-5-13)21-17(23)12-22(2)27(25,26)16-10-6-14(19)7-11-16/h4-11H,3,12H2,1-2H3,(H,20,24)(H,21,23). The first-order chi connectivity index (χ1) is 12.7. The molecule has 0 aliphatic heterocycles. The third-order valence-corrected chi connectivity index (χ3v) is 5.47. The van der Waals surface area contributed by atoms with Gasteiger partial charge in [-0.1, -0.05) is 0 Å². The van der Waals surface area contributed by atoms with Crippen molar-refractivity contribution in [2.75, 3.05) is 25.5 Å². The van der Waals surface area contributed by atoms with Gasteiger partial charge in [0.05, 0.1) is 11.4 Å². The zero-order valence-corrected chi connectivity index (χ0v) is 15.7. The van der Waals surface area contributed by atoms with Crippen LogP contribution in [-0.4, -0.2) is 44.7 Å². The average molecular weight is 393 g/mol. The van der Waals surface area contributed by atoms with Gasteiger partial charge in [-0.15, -0.1) is 0 Å². The molecule has 27 heavy (non-hydrogen) atoms. The number of carbonyl (C=O) groups is 2. The maximum absolute atomic E-state index is 13.0. The second-order valence-electron chi connectivity index (χ2n) is 5.70. The number of hydrogen-bond acceptors (Lipinski definition) is 4. The van der Waals surface area contributed by atoms with E-state index in [0.717, 1.165) is 28.6 Å². The van der Waals surface area contributed by atoms with Gasteiger partial charge in [-0.25, -0.2) is 12.8 Å². The summed E-state index contributed by atoms with van der Waals surface area (Å²) in [5, 5.41) is 5.23. The zero-order valence-electron chi connectivity index (χ0n) is 14.9. The first kappa shape index (κ1) is 20.5. The molecule has 0 aromatic heterocycles. The van der Waals surface area contributed by atoms with E-state index in [4.69, 9.17) is 0 Å². The van der Waals surface area contributed by atoms with Gasteiger partial charge in [0.25, 0.3) is 5.91 Å². The number of carbonyl (C=O) groups excluding carboxylic acids is 2. The smallest absolute Gasteiger partial charge is 0.251 e. The lowest BCUT2D eigenvalue weighted by atomic mass is 10.2. The number of likely N-dealkylation sites (N-methyl/N-ethyl adjacent to an activating group) is 1. The van der Waals surface area contributed by atoms with Gasteiger partial charge < -0.3 is 10.6 Å². The van der Waals surface area contributed by atoms with E-state index in [0.29, 0.717) is 17.8 Å². The van der Waals surface area contributed by atoms with E-state index in [2.05, 4.69) is 10.6 Å². The Labute approximate surface area is 157 Å². The van der Waals surface area contributed by atoms with Gasteiger partial charge in [-0.3, -0.25) is 9.59 Å². The molecule has 144 valence electrons. The number of nitrogens with zero attached hydrogens (tertiary/aromatic N) is 1. The predicted octanol–water partition coefficient (Wildman–Crippen LogP) is 1.83. The Balaban J connectivity index is 2.00. The lowest BCUT2D eigenvalue weighted by molar-refractivity contribution is -0.116. The van der Waals surface area contributed by atoms with Crippen molar-refractivity contribution in [2.24, 2.45) is 0 Å². The summed E-state index contributed by atoms with van der Waals surface area (Å²) in [5.41, 5.74) is 0.881. The molecule has 0 spiro atoms. The minimum absolute atomic E-state index is 0.106. The molecule has 2 aromatic rings. The van der Waals surface area contributed by atoms with Gasteiger partial charge in [-0.05, 0) is 55.5 Å². The number of benzene rings is 2. The summed E-state index contributed by atoms with van der Waals surface area (Å²) in [5.74, 6) is -1.32. The number of amides is 2. The average Bonchev–Trinajstić information content (AvgIpc) is 2.62. The van der Waals surface area contributed by atoms with Crippen molar-refractivity contribution in [2.45, 2.75) is 11.8 Å². The molecule has 2 rings (SSSR count). The van der Waals surface area contributed by atoms with Crippen molar-refractivity contribution in [1.82, 2.24) is 9.62 Å². The molecule has 0 heterocycles. The highest BCUT2D eigenvalue weighted by atomic mass is 32.2. The minimum Gasteiger partial charge on any atom is -0.352 e. The van der Waals surface area contributed by atoms with Crippen molar-refractivity contribution in [1.29, 1.82) is 0 Å². The molecule has 2 amide bonds. The second kappa shape index (κ2) is 8.74. The molecule has 0 aliphatic carbocycles. The van der Waals surface area contributed by atoms with Crippen LogP contribution in [0, 0.1) is 5.82 Å². The Kier molecular flexibility index (Phi) is 6.65. The summed E-state index contributed by atoms with van der Waals surface area (Å²) in [6, 6.07) is 10.6. The van der Waals surface area contributed by atoms with Crippen molar-refractivity contribution in [3.63, 3.8) is 0 Å². The molecule has 0 fully saturated rings. The van der Waals surface area contributed by atoms with Crippen LogP contribution in [0.25, 0.3) is 0 Å².